The Morgan fingerprint density at radius 3 is 2.58 bits per heavy atom. The van der Waals surface area contributed by atoms with E-state index in [-0.39, 0.29) is 12.3 Å². The Morgan fingerprint density at radius 1 is 1.67 bits per heavy atom. The van der Waals surface area contributed by atoms with Crippen molar-refractivity contribution >= 4 is 5.97 Å². The first-order valence-corrected chi connectivity index (χ1v) is 3.79. The molecule has 3 atom stereocenters. The molecule has 1 fully saturated rings. The fourth-order valence-corrected chi connectivity index (χ4v) is 1.28. The lowest BCUT2D eigenvalue weighted by Crippen LogP contribution is -2.30. The molecule has 1 rings (SSSR count). The Kier molecular flexibility index (Phi) is 2.62. The molecule has 3 unspecified atom stereocenters. The van der Waals surface area contributed by atoms with Gasteiger partial charge in [-0.05, 0) is 18.8 Å². The molecule has 1 aliphatic rings. The van der Waals surface area contributed by atoms with Gasteiger partial charge in [0.15, 0.2) is 0 Å². The van der Waals surface area contributed by atoms with E-state index in [0.717, 1.165) is 0 Å². The monoisotopic (exact) mass is 179 g/mol. The van der Waals surface area contributed by atoms with Gasteiger partial charge in [0.2, 0.25) is 6.43 Å². The van der Waals surface area contributed by atoms with Crippen LogP contribution in [0.25, 0.3) is 0 Å². The summed E-state index contributed by atoms with van der Waals surface area (Å²) >= 11 is 0. The number of hydrogen-bond acceptors (Lipinski definition) is 2. The molecular formula is C7H11F2NO2. The predicted molar refractivity (Wildman–Crippen MR) is 37.8 cm³/mol. The van der Waals surface area contributed by atoms with Crippen LogP contribution in [0, 0.1) is 11.8 Å². The lowest BCUT2D eigenvalue weighted by Gasteiger charge is -2.04. The highest BCUT2D eigenvalue weighted by atomic mass is 19.3. The van der Waals surface area contributed by atoms with Gasteiger partial charge in [-0.1, -0.05) is 0 Å². The number of carboxylic acids is 1. The Balaban J connectivity index is 2.23. The summed E-state index contributed by atoms with van der Waals surface area (Å²) in [6.07, 6.45) is -1.74. The van der Waals surface area contributed by atoms with Crippen molar-refractivity contribution in [3.63, 3.8) is 0 Å². The highest BCUT2D eigenvalue weighted by Gasteiger charge is 2.45. The molecule has 0 aliphatic heterocycles. The molecular weight excluding hydrogens is 168 g/mol. The normalized spacial score (nSPS) is 30.3. The van der Waals surface area contributed by atoms with Crippen molar-refractivity contribution in [3.8, 4) is 0 Å². The molecule has 1 saturated carbocycles. The van der Waals surface area contributed by atoms with E-state index in [1.165, 1.54) is 0 Å². The van der Waals surface area contributed by atoms with Crippen LogP contribution in [0.3, 0.4) is 0 Å². The van der Waals surface area contributed by atoms with Gasteiger partial charge < -0.3 is 10.8 Å². The highest BCUT2D eigenvalue weighted by molar-refractivity contribution is 5.73. The van der Waals surface area contributed by atoms with Crippen molar-refractivity contribution in [3.05, 3.63) is 0 Å². The van der Waals surface area contributed by atoms with Crippen molar-refractivity contribution in [2.45, 2.75) is 25.3 Å². The van der Waals surface area contributed by atoms with E-state index in [2.05, 4.69) is 0 Å². The number of carbonyl (C=O) groups is 1. The molecule has 3 nitrogen and oxygen atoms in total. The molecule has 0 aromatic heterocycles. The molecule has 0 saturated heterocycles. The minimum absolute atomic E-state index is 0.171. The van der Waals surface area contributed by atoms with Crippen LogP contribution in [0.4, 0.5) is 8.78 Å². The lowest BCUT2D eigenvalue weighted by atomic mass is 10.1. The van der Waals surface area contributed by atoms with E-state index < -0.39 is 24.4 Å². The average molecular weight is 179 g/mol. The van der Waals surface area contributed by atoms with E-state index in [1.807, 2.05) is 0 Å². The molecule has 0 amide bonds. The first kappa shape index (κ1) is 9.38. The topological polar surface area (TPSA) is 63.3 Å². The van der Waals surface area contributed by atoms with Crippen molar-refractivity contribution in [1.82, 2.24) is 0 Å². The number of nitrogens with two attached hydrogens (primary N) is 1. The van der Waals surface area contributed by atoms with Crippen LogP contribution in [0.1, 0.15) is 12.8 Å². The minimum Gasteiger partial charge on any atom is -0.480 e. The molecule has 0 bridgehead atoms. The first-order valence-electron chi connectivity index (χ1n) is 3.79. The molecule has 70 valence electrons. The van der Waals surface area contributed by atoms with Gasteiger partial charge in [-0.3, -0.25) is 4.79 Å². The lowest BCUT2D eigenvalue weighted by molar-refractivity contribution is -0.138. The van der Waals surface area contributed by atoms with Crippen LogP contribution >= 0.6 is 0 Å². The van der Waals surface area contributed by atoms with Crippen LogP contribution in [-0.2, 0) is 4.79 Å². The minimum atomic E-state index is -2.32. The zero-order valence-corrected chi connectivity index (χ0v) is 6.41. The quantitative estimate of drug-likeness (QED) is 0.667. The van der Waals surface area contributed by atoms with Crippen LogP contribution in [0.2, 0.25) is 0 Å². The average Bonchev–Trinajstić information content (AvgIpc) is 2.67. The Bertz CT molecular complexity index is 186. The smallest absolute Gasteiger partial charge is 0.320 e. The number of hydrogen-bond donors (Lipinski definition) is 2. The fraction of sp³-hybridized carbons (Fsp3) is 0.857. The Hall–Kier alpha value is -0.710. The van der Waals surface area contributed by atoms with Gasteiger partial charge in [0, 0.05) is 5.92 Å². The van der Waals surface area contributed by atoms with Crippen molar-refractivity contribution in [2.75, 3.05) is 0 Å². The van der Waals surface area contributed by atoms with E-state index in [4.69, 9.17) is 10.8 Å². The summed E-state index contributed by atoms with van der Waals surface area (Å²) in [5.74, 6) is -1.92. The largest absolute Gasteiger partial charge is 0.480 e. The van der Waals surface area contributed by atoms with Gasteiger partial charge in [-0.15, -0.1) is 0 Å². The third-order valence-corrected chi connectivity index (χ3v) is 2.17. The number of halogens is 2. The summed E-state index contributed by atoms with van der Waals surface area (Å²) in [4.78, 5) is 10.2. The van der Waals surface area contributed by atoms with Crippen LogP contribution in [-0.4, -0.2) is 23.5 Å². The van der Waals surface area contributed by atoms with Crippen molar-refractivity contribution in [2.24, 2.45) is 17.6 Å². The molecule has 0 spiro atoms. The van der Waals surface area contributed by atoms with E-state index in [1.54, 1.807) is 0 Å². The maximum atomic E-state index is 11.9. The van der Waals surface area contributed by atoms with Gasteiger partial charge in [-0.25, -0.2) is 8.78 Å². The molecule has 3 N–H and O–H groups in total. The Morgan fingerprint density at radius 2 is 2.25 bits per heavy atom. The van der Waals surface area contributed by atoms with Gasteiger partial charge in [0.05, 0.1) is 0 Å². The molecule has 0 heterocycles. The van der Waals surface area contributed by atoms with Crippen LogP contribution in [0.15, 0.2) is 0 Å². The van der Waals surface area contributed by atoms with Crippen LogP contribution in [0.5, 0.6) is 0 Å². The van der Waals surface area contributed by atoms with E-state index >= 15 is 0 Å². The number of alkyl halides is 2. The molecule has 0 aromatic rings. The fourth-order valence-electron chi connectivity index (χ4n) is 1.28. The zero-order valence-electron chi connectivity index (χ0n) is 6.41. The van der Waals surface area contributed by atoms with Gasteiger partial charge in [-0.2, -0.15) is 0 Å². The summed E-state index contributed by atoms with van der Waals surface area (Å²) in [5, 5.41) is 8.37. The molecule has 0 aromatic carbocycles. The SMILES string of the molecule is NC(CC1CC1C(F)F)C(=O)O. The van der Waals surface area contributed by atoms with E-state index in [0.29, 0.717) is 6.42 Å². The highest BCUT2D eigenvalue weighted by Crippen LogP contribution is 2.45. The van der Waals surface area contributed by atoms with Crippen molar-refractivity contribution < 1.29 is 18.7 Å². The number of carboxylic acid groups (broad SMARTS) is 1. The summed E-state index contributed by atoms with van der Waals surface area (Å²) in [6, 6.07) is -0.987. The maximum absolute atomic E-state index is 11.9. The van der Waals surface area contributed by atoms with E-state index in [9.17, 15) is 13.6 Å². The van der Waals surface area contributed by atoms with Gasteiger partial charge in [0.25, 0.3) is 0 Å². The molecule has 0 radical (unpaired) electrons. The zero-order chi connectivity index (χ0) is 9.30. The van der Waals surface area contributed by atoms with Gasteiger partial charge in [0.1, 0.15) is 6.04 Å². The predicted octanol–water partition coefficient (Wildman–Crippen LogP) is 0.690. The third-order valence-electron chi connectivity index (χ3n) is 2.17. The molecule has 12 heavy (non-hydrogen) atoms. The second-order valence-electron chi connectivity index (χ2n) is 3.17. The number of aliphatic carboxylic acids is 1. The summed E-state index contributed by atoms with van der Waals surface area (Å²) in [6.45, 7) is 0. The second kappa shape index (κ2) is 3.35. The summed E-state index contributed by atoms with van der Waals surface area (Å²) < 4.78 is 23.9. The third kappa shape index (κ3) is 2.14. The molecule has 5 heteroatoms. The maximum Gasteiger partial charge on any atom is 0.320 e. The van der Waals surface area contributed by atoms with Gasteiger partial charge >= 0.3 is 5.97 Å². The Labute approximate surface area is 68.5 Å². The second-order valence-corrected chi connectivity index (χ2v) is 3.17. The summed E-state index contributed by atoms with van der Waals surface area (Å²) in [5.41, 5.74) is 5.18. The van der Waals surface area contributed by atoms with Crippen molar-refractivity contribution in [1.29, 1.82) is 0 Å². The summed E-state index contributed by atoms with van der Waals surface area (Å²) in [7, 11) is 0. The first-order chi connectivity index (χ1) is 5.52. The standard InChI is InChI=1S/C7H11F2NO2/c8-6(9)4-1-3(4)2-5(10)7(11)12/h3-6H,1-2,10H2,(H,11,12). The van der Waals surface area contributed by atoms with Crippen LogP contribution < -0.4 is 5.73 Å². The number of rotatable bonds is 4. The molecule has 1 aliphatic carbocycles.